The predicted octanol–water partition coefficient (Wildman–Crippen LogP) is 2.47. The van der Waals surface area contributed by atoms with Crippen LogP contribution in [-0.2, 0) is 4.79 Å². The van der Waals surface area contributed by atoms with Crippen molar-refractivity contribution in [1.29, 1.82) is 0 Å². The van der Waals surface area contributed by atoms with Crippen LogP contribution in [0.4, 0.5) is 0 Å². The number of carbonyl (C=O) groups is 1. The molecule has 1 fully saturated rings. The Morgan fingerprint density at radius 1 is 0.938 bits per heavy atom. The van der Waals surface area contributed by atoms with E-state index in [0.29, 0.717) is 17.9 Å². The first-order valence-corrected chi connectivity index (χ1v) is 11.0. The second-order valence-corrected chi connectivity index (χ2v) is 8.86. The SMILES string of the molecule is COc1ccc([C@H]2CC(=O)C3=C(C2)NC2NNC(O)C2[C@@H]3c2ccc(C)cc2)cc1OC. The minimum atomic E-state index is -0.746. The van der Waals surface area contributed by atoms with Gasteiger partial charge in [-0.05, 0) is 42.5 Å². The van der Waals surface area contributed by atoms with Crippen LogP contribution in [0.5, 0.6) is 11.5 Å². The van der Waals surface area contributed by atoms with E-state index < -0.39 is 6.23 Å². The van der Waals surface area contributed by atoms with Crippen molar-refractivity contribution in [2.75, 3.05) is 14.2 Å². The van der Waals surface area contributed by atoms with E-state index in [0.717, 1.165) is 28.8 Å². The molecule has 2 heterocycles. The minimum absolute atomic E-state index is 0.0445. The fourth-order valence-electron chi connectivity index (χ4n) is 5.37. The molecule has 1 aliphatic carbocycles. The average molecular weight is 436 g/mol. The van der Waals surface area contributed by atoms with Crippen LogP contribution in [0.2, 0.25) is 0 Å². The summed E-state index contributed by atoms with van der Waals surface area (Å²) in [6.07, 6.45) is 0.239. The van der Waals surface area contributed by atoms with Gasteiger partial charge in [-0.15, -0.1) is 0 Å². The molecule has 1 saturated heterocycles. The Kier molecular flexibility index (Phi) is 5.41. The highest BCUT2D eigenvalue weighted by atomic mass is 16.5. The van der Waals surface area contributed by atoms with Crippen molar-refractivity contribution in [3.63, 3.8) is 0 Å². The third-order valence-corrected chi connectivity index (χ3v) is 6.99. The number of ether oxygens (including phenoxy) is 2. The van der Waals surface area contributed by atoms with Crippen molar-refractivity contribution in [3.05, 3.63) is 70.4 Å². The number of benzene rings is 2. The highest BCUT2D eigenvalue weighted by Crippen LogP contribution is 2.47. The second-order valence-electron chi connectivity index (χ2n) is 8.86. The fraction of sp³-hybridized carbons (Fsp3) is 0.400. The van der Waals surface area contributed by atoms with E-state index in [1.165, 1.54) is 5.56 Å². The van der Waals surface area contributed by atoms with Crippen LogP contribution < -0.4 is 25.6 Å². The van der Waals surface area contributed by atoms with Crippen molar-refractivity contribution in [2.24, 2.45) is 5.92 Å². The summed E-state index contributed by atoms with van der Waals surface area (Å²) in [5, 5.41) is 14.2. The number of allylic oxidation sites excluding steroid dienone is 2. The summed E-state index contributed by atoms with van der Waals surface area (Å²) in [6.45, 7) is 2.05. The molecule has 32 heavy (non-hydrogen) atoms. The smallest absolute Gasteiger partial charge is 0.161 e. The summed E-state index contributed by atoms with van der Waals surface area (Å²) in [5.41, 5.74) is 11.1. The number of Topliss-reactive ketones (excluding diaryl/α,β-unsaturated/α-hetero) is 1. The first-order valence-electron chi connectivity index (χ1n) is 11.0. The summed E-state index contributed by atoms with van der Waals surface area (Å²) in [4.78, 5) is 13.6. The first kappa shape index (κ1) is 21.0. The molecule has 0 spiro atoms. The maximum Gasteiger partial charge on any atom is 0.161 e. The molecule has 0 amide bonds. The lowest BCUT2D eigenvalue weighted by atomic mass is 9.69. The highest BCUT2D eigenvalue weighted by molar-refractivity contribution is 5.99. The van der Waals surface area contributed by atoms with Gasteiger partial charge in [0.25, 0.3) is 0 Å². The van der Waals surface area contributed by atoms with Crippen molar-refractivity contribution >= 4 is 5.78 Å². The molecule has 168 valence electrons. The van der Waals surface area contributed by atoms with Crippen molar-refractivity contribution in [2.45, 2.75) is 44.0 Å². The molecule has 5 atom stereocenters. The Morgan fingerprint density at radius 2 is 1.66 bits per heavy atom. The molecule has 0 bridgehead atoms. The van der Waals surface area contributed by atoms with E-state index >= 15 is 0 Å². The number of fused-ring (bicyclic) bond motifs is 1. The quantitative estimate of drug-likeness (QED) is 0.586. The van der Waals surface area contributed by atoms with Crippen LogP contribution in [0.25, 0.3) is 0 Å². The van der Waals surface area contributed by atoms with Gasteiger partial charge in [-0.25, -0.2) is 10.9 Å². The van der Waals surface area contributed by atoms with Crippen LogP contribution >= 0.6 is 0 Å². The topological polar surface area (TPSA) is 91.9 Å². The number of nitrogens with one attached hydrogen (secondary N) is 3. The standard InChI is InChI=1S/C25H29N3O4/c1-13-4-6-14(7-5-13)21-22-17(26-24-23(21)25(30)28-27-24)10-16(11-18(22)29)15-8-9-19(31-2)20(12-15)32-3/h4-9,12,16,21,23-28,30H,10-11H2,1-3H3/t16-,21-,23?,24?,25?/m1/s1. The summed E-state index contributed by atoms with van der Waals surface area (Å²) in [5.74, 6) is 1.15. The van der Waals surface area contributed by atoms with Crippen LogP contribution in [0.15, 0.2) is 53.7 Å². The molecule has 0 saturated carbocycles. The summed E-state index contributed by atoms with van der Waals surface area (Å²) in [7, 11) is 3.23. The Labute approximate surface area is 187 Å². The Bertz CT molecular complexity index is 1070. The fourth-order valence-corrected chi connectivity index (χ4v) is 5.37. The molecule has 0 aromatic heterocycles. The second kappa shape index (κ2) is 8.24. The zero-order valence-electron chi connectivity index (χ0n) is 18.5. The number of hydrazine groups is 1. The number of methoxy groups -OCH3 is 2. The Morgan fingerprint density at radius 3 is 2.38 bits per heavy atom. The molecule has 7 nitrogen and oxygen atoms in total. The molecule has 4 N–H and O–H groups in total. The van der Waals surface area contributed by atoms with E-state index in [1.807, 2.05) is 25.1 Å². The molecular formula is C25H29N3O4. The first-order chi connectivity index (χ1) is 15.5. The summed E-state index contributed by atoms with van der Waals surface area (Å²) in [6, 6.07) is 14.1. The van der Waals surface area contributed by atoms with E-state index in [2.05, 4.69) is 40.4 Å². The normalized spacial score (nSPS) is 29.2. The maximum atomic E-state index is 13.6. The molecule has 7 heteroatoms. The largest absolute Gasteiger partial charge is 0.493 e. The molecule has 0 radical (unpaired) electrons. The van der Waals surface area contributed by atoms with E-state index in [4.69, 9.17) is 9.47 Å². The van der Waals surface area contributed by atoms with Gasteiger partial charge in [0.1, 0.15) is 6.23 Å². The number of ketones is 1. The zero-order valence-corrected chi connectivity index (χ0v) is 18.5. The monoisotopic (exact) mass is 435 g/mol. The summed E-state index contributed by atoms with van der Waals surface area (Å²) >= 11 is 0. The molecule has 2 aliphatic heterocycles. The Balaban J connectivity index is 1.54. The lowest BCUT2D eigenvalue weighted by molar-refractivity contribution is -0.117. The van der Waals surface area contributed by atoms with Crippen LogP contribution in [-0.4, -0.2) is 37.5 Å². The Hall–Kier alpha value is -2.87. The van der Waals surface area contributed by atoms with Crippen LogP contribution in [0.1, 0.15) is 41.4 Å². The average Bonchev–Trinajstić information content (AvgIpc) is 3.18. The molecular weight excluding hydrogens is 406 g/mol. The molecule has 2 aromatic rings. The number of rotatable bonds is 4. The van der Waals surface area contributed by atoms with Gasteiger partial charge in [-0.2, -0.15) is 0 Å². The maximum absolute atomic E-state index is 13.6. The van der Waals surface area contributed by atoms with Gasteiger partial charge in [-0.1, -0.05) is 35.9 Å². The molecule has 3 unspecified atom stereocenters. The zero-order chi connectivity index (χ0) is 22.4. The van der Waals surface area contributed by atoms with Crippen LogP contribution in [0, 0.1) is 12.8 Å². The van der Waals surface area contributed by atoms with Gasteiger partial charge in [0.05, 0.1) is 20.4 Å². The lowest BCUT2D eigenvalue weighted by Gasteiger charge is -2.42. The van der Waals surface area contributed by atoms with Crippen molar-refractivity contribution in [1.82, 2.24) is 16.2 Å². The van der Waals surface area contributed by atoms with Gasteiger partial charge in [-0.3, -0.25) is 4.79 Å². The number of hydrogen-bond donors (Lipinski definition) is 4. The molecule has 2 aromatic carbocycles. The number of carbonyl (C=O) groups excluding carboxylic acids is 1. The number of aliphatic hydroxyl groups excluding tert-OH is 1. The van der Waals surface area contributed by atoms with Gasteiger partial charge in [0.2, 0.25) is 0 Å². The van der Waals surface area contributed by atoms with E-state index in [1.54, 1.807) is 14.2 Å². The van der Waals surface area contributed by atoms with Gasteiger partial charge in [0, 0.05) is 29.5 Å². The predicted molar refractivity (Wildman–Crippen MR) is 120 cm³/mol. The van der Waals surface area contributed by atoms with Crippen molar-refractivity contribution < 1.29 is 19.4 Å². The van der Waals surface area contributed by atoms with Gasteiger partial charge < -0.3 is 19.9 Å². The minimum Gasteiger partial charge on any atom is -0.493 e. The van der Waals surface area contributed by atoms with Gasteiger partial charge in [0.15, 0.2) is 17.3 Å². The van der Waals surface area contributed by atoms with E-state index in [-0.39, 0.29) is 29.7 Å². The lowest BCUT2D eigenvalue weighted by Crippen LogP contribution is -2.51. The number of hydrogen-bond acceptors (Lipinski definition) is 7. The molecule has 5 rings (SSSR count). The summed E-state index contributed by atoms with van der Waals surface area (Å²) < 4.78 is 10.8. The van der Waals surface area contributed by atoms with Crippen LogP contribution in [0.3, 0.4) is 0 Å². The third-order valence-electron chi connectivity index (χ3n) is 6.99. The highest BCUT2D eigenvalue weighted by Gasteiger charge is 2.49. The number of aliphatic hydroxyl groups is 1. The van der Waals surface area contributed by atoms with Gasteiger partial charge >= 0.3 is 0 Å². The van der Waals surface area contributed by atoms with Crippen molar-refractivity contribution in [3.8, 4) is 11.5 Å². The van der Waals surface area contributed by atoms with E-state index in [9.17, 15) is 9.90 Å². The third kappa shape index (κ3) is 3.46. The number of aryl methyl sites for hydroxylation is 1. The molecule has 3 aliphatic rings.